The Morgan fingerprint density at radius 3 is 2.57 bits per heavy atom. The van der Waals surface area contributed by atoms with E-state index >= 15 is 0 Å². The molecule has 144 valence electrons. The predicted octanol–water partition coefficient (Wildman–Crippen LogP) is 3.81. The van der Waals surface area contributed by atoms with Crippen LogP contribution in [0.3, 0.4) is 0 Å². The molecule has 3 rings (SSSR count). The van der Waals surface area contributed by atoms with E-state index in [1.54, 1.807) is 32.7 Å². The van der Waals surface area contributed by atoms with Gasteiger partial charge in [0.1, 0.15) is 11.5 Å². The lowest BCUT2D eigenvalue weighted by atomic mass is 10.1. The van der Waals surface area contributed by atoms with E-state index in [0.717, 1.165) is 12.1 Å². The molecule has 3 aromatic rings. The lowest BCUT2D eigenvalue weighted by Gasteiger charge is -2.13. The lowest BCUT2D eigenvalue weighted by molar-refractivity contribution is 0.0954. The maximum atomic E-state index is 12.4. The van der Waals surface area contributed by atoms with Crippen LogP contribution in [0.15, 0.2) is 67.0 Å². The van der Waals surface area contributed by atoms with Crippen molar-refractivity contribution in [1.82, 2.24) is 10.3 Å². The standard InChI is InChI=1S/C22H23N3O3/c1-27-19-8-9-21(28-2)20(13-19)25-18-12-17(14-23-15-18)22(26)24-11-10-16-6-4-3-5-7-16/h3-9,12-15,25H,10-11H2,1-2H3,(H,24,26). The molecule has 0 saturated carbocycles. The number of hydrogen-bond acceptors (Lipinski definition) is 5. The van der Waals surface area contributed by atoms with Crippen molar-refractivity contribution in [2.24, 2.45) is 0 Å². The number of aromatic nitrogens is 1. The zero-order valence-corrected chi connectivity index (χ0v) is 15.9. The number of nitrogens with one attached hydrogen (secondary N) is 2. The number of rotatable bonds is 8. The summed E-state index contributed by atoms with van der Waals surface area (Å²) in [5.41, 5.74) is 3.08. The van der Waals surface area contributed by atoms with Crippen molar-refractivity contribution < 1.29 is 14.3 Å². The molecule has 0 fully saturated rings. The van der Waals surface area contributed by atoms with E-state index in [2.05, 4.69) is 15.6 Å². The summed E-state index contributed by atoms with van der Waals surface area (Å²) >= 11 is 0. The Morgan fingerprint density at radius 1 is 1.00 bits per heavy atom. The quantitative estimate of drug-likeness (QED) is 0.624. The number of methoxy groups -OCH3 is 2. The van der Waals surface area contributed by atoms with Gasteiger partial charge in [0, 0.05) is 18.8 Å². The van der Waals surface area contributed by atoms with Gasteiger partial charge in [0.25, 0.3) is 5.91 Å². The Hall–Kier alpha value is -3.54. The van der Waals surface area contributed by atoms with Crippen molar-refractivity contribution >= 4 is 17.3 Å². The number of benzene rings is 2. The maximum Gasteiger partial charge on any atom is 0.252 e. The number of ether oxygens (including phenoxy) is 2. The molecule has 0 aliphatic carbocycles. The number of anilines is 2. The largest absolute Gasteiger partial charge is 0.497 e. The minimum absolute atomic E-state index is 0.162. The van der Waals surface area contributed by atoms with E-state index < -0.39 is 0 Å². The van der Waals surface area contributed by atoms with Crippen LogP contribution in [0.4, 0.5) is 11.4 Å². The highest BCUT2D eigenvalue weighted by Crippen LogP contribution is 2.31. The highest BCUT2D eigenvalue weighted by Gasteiger charge is 2.09. The fraction of sp³-hybridized carbons (Fsp3) is 0.182. The van der Waals surface area contributed by atoms with Crippen LogP contribution in [0.5, 0.6) is 11.5 Å². The molecule has 0 bridgehead atoms. The molecule has 1 heterocycles. The Kier molecular flexibility index (Phi) is 6.46. The highest BCUT2D eigenvalue weighted by molar-refractivity contribution is 5.94. The van der Waals surface area contributed by atoms with Crippen LogP contribution in [-0.2, 0) is 6.42 Å². The number of pyridine rings is 1. The molecule has 0 saturated heterocycles. The molecule has 0 atom stereocenters. The monoisotopic (exact) mass is 377 g/mol. The molecule has 2 aromatic carbocycles. The smallest absolute Gasteiger partial charge is 0.252 e. The zero-order valence-electron chi connectivity index (χ0n) is 15.9. The first-order chi connectivity index (χ1) is 13.7. The third-order valence-corrected chi connectivity index (χ3v) is 4.23. The summed E-state index contributed by atoms with van der Waals surface area (Å²) in [6.45, 7) is 0.560. The van der Waals surface area contributed by atoms with Crippen molar-refractivity contribution in [3.63, 3.8) is 0 Å². The average Bonchev–Trinajstić information content (AvgIpc) is 2.74. The SMILES string of the molecule is COc1ccc(OC)c(Nc2cncc(C(=O)NCCc3ccccc3)c2)c1. The van der Waals surface area contributed by atoms with E-state index in [1.165, 1.54) is 5.56 Å². The molecule has 0 spiro atoms. The maximum absolute atomic E-state index is 12.4. The van der Waals surface area contributed by atoms with Gasteiger partial charge >= 0.3 is 0 Å². The van der Waals surface area contributed by atoms with E-state index in [1.807, 2.05) is 48.5 Å². The summed E-state index contributed by atoms with van der Waals surface area (Å²) in [6.07, 6.45) is 3.98. The molecule has 0 aliphatic heterocycles. The van der Waals surface area contributed by atoms with Crippen LogP contribution in [0, 0.1) is 0 Å². The van der Waals surface area contributed by atoms with E-state index in [4.69, 9.17) is 9.47 Å². The number of carbonyl (C=O) groups is 1. The second-order valence-electron chi connectivity index (χ2n) is 6.15. The van der Waals surface area contributed by atoms with Gasteiger partial charge in [0.2, 0.25) is 0 Å². The van der Waals surface area contributed by atoms with Gasteiger partial charge in [-0.2, -0.15) is 0 Å². The lowest BCUT2D eigenvalue weighted by Crippen LogP contribution is -2.25. The van der Waals surface area contributed by atoms with Crippen LogP contribution in [0.2, 0.25) is 0 Å². The van der Waals surface area contributed by atoms with E-state index in [9.17, 15) is 4.79 Å². The second kappa shape index (κ2) is 9.41. The summed E-state index contributed by atoms with van der Waals surface area (Å²) in [5.74, 6) is 1.20. The minimum atomic E-state index is -0.162. The second-order valence-corrected chi connectivity index (χ2v) is 6.15. The van der Waals surface area contributed by atoms with Crippen LogP contribution < -0.4 is 20.1 Å². The summed E-state index contributed by atoms with van der Waals surface area (Å²) < 4.78 is 10.6. The van der Waals surface area contributed by atoms with Crippen molar-refractivity contribution in [3.8, 4) is 11.5 Å². The Balaban J connectivity index is 1.66. The first kappa shape index (κ1) is 19.2. The van der Waals surface area contributed by atoms with Gasteiger partial charge in [-0.05, 0) is 30.2 Å². The van der Waals surface area contributed by atoms with Gasteiger partial charge in [-0.25, -0.2) is 0 Å². The van der Waals surface area contributed by atoms with Crippen molar-refractivity contribution in [2.45, 2.75) is 6.42 Å². The molecule has 1 aromatic heterocycles. The third kappa shape index (κ3) is 5.01. The molecule has 1 amide bonds. The topological polar surface area (TPSA) is 72.5 Å². The van der Waals surface area contributed by atoms with Crippen molar-refractivity contribution in [2.75, 3.05) is 26.1 Å². The molecular weight excluding hydrogens is 354 g/mol. The van der Waals surface area contributed by atoms with Crippen LogP contribution in [0.1, 0.15) is 15.9 Å². The molecule has 6 heteroatoms. The predicted molar refractivity (Wildman–Crippen MR) is 110 cm³/mol. The summed E-state index contributed by atoms with van der Waals surface area (Å²) in [4.78, 5) is 16.6. The first-order valence-electron chi connectivity index (χ1n) is 8.96. The summed E-state index contributed by atoms with van der Waals surface area (Å²) in [7, 11) is 3.20. The highest BCUT2D eigenvalue weighted by atomic mass is 16.5. The molecule has 0 unspecified atom stereocenters. The normalized spacial score (nSPS) is 10.2. The number of hydrogen-bond donors (Lipinski definition) is 2. The molecular formula is C22H23N3O3. The minimum Gasteiger partial charge on any atom is -0.497 e. The van der Waals surface area contributed by atoms with Gasteiger partial charge in [0.05, 0.1) is 37.4 Å². The molecule has 2 N–H and O–H groups in total. The van der Waals surface area contributed by atoms with Crippen molar-refractivity contribution in [3.05, 3.63) is 78.1 Å². The third-order valence-electron chi connectivity index (χ3n) is 4.23. The Bertz CT molecular complexity index is 929. The van der Waals surface area contributed by atoms with Gasteiger partial charge in [-0.3, -0.25) is 9.78 Å². The number of carbonyl (C=O) groups excluding carboxylic acids is 1. The van der Waals surface area contributed by atoms with Crippen molar-refractivity contribution in [1.29, 1.82) is 0 Å². The zero-order chi connectivity index (χ0) is 19.8. The van der Waals surface area contributed by atoms with Gasteiger partial charge in [0.15, 0.2) is 0 Å². The van der Waals surface area contributed by atoms with Crippen LogP contribution in [-0.4, -0.2) is 31.7 Å². The van der Waals surface area contributed by atoms with Crippen LogP contribution >= 0.6 is 0 Å². The number of nitrogens with zero attached hydrogens (tertiary/aromatic N) is 1. The van der Waals surface area contributed by atoms with Gasteiger partial charge in [-0.15, -0.1) is 0 Å². The molecule has 28 heavy (non-hydrogen) atoms. The summed E-state index contributed by atoms with van der Waals surface area (Å²) in [5, 5.41) is 6.16. The van der Waals surface area contributed by atoms with E-state index in [-0.39, 0.29) is 5.91 Å². The number of amides is 1. The fourth-order valence-corrected chi connectivity index (χ4v) is 2.77. The fourth-order valence-electron chi connectivity index (χ4n) is 2.77. The van der Waals surface area contributed by atoms with E-state index in [0.29, 0.717) is 29.3 Å². The first-order valence-corrected chi connectivity index (χ1v) is 8.96. The average molecular weight is 377 g/mol. The molecule has 0 aliphatic rings. The summed E-state index contributed by atoms with van der Waals surface area (Å²) in [6, 6.07) is 17.2. The van der Waals surface area contributed by atoms with Crippen LogP contribution in [0.25, 0.3) is 0 Å². The van der Waals surface area contributed by atoms with Gasteiger partial charge < -0.3 is 20.1 Å². The Morgan fingerprint density at radius 2 is 1.82 bits per heavy atom. The molecule has 0 radical (unpaired) electrons. The van der Waals surface area contributed by atoms with Gasteiger partial charge in [-0.1, -0.05) is 30.3 Å². The molecule has 6 nitrogen and oxygen atoms in total. The Labute approximate surface area is 164 Å².